The number of nitrogens with zero attached hydrogens (tertiary/aromatic N) is 1. The molecular formula is C12H13NO2. The first-order chi connectivity index (χ1) is 7.34. The van der Waals surface area contributed by atoms with Crippen molar-refractivity contribution < 1.29 is 9.63 Å². The number of carbonyl (C=O) groups is 1. The maximum Gasteiger partial charge on any atom is 0.165 e. The third-order valence-corrected chi connectivity index (χ3v) is 3.17. The molecule has 3 atom stereocenters. The first-order valence-corrected chi connectivity index (χ1v) is 5.35. The summed E-state index contributed by atoms with van der Waals surface area (Å²) in [5.41, 5.74) is 1.25. The van der Waals surface area contributed by atoms with Gasteiger partial charge in [0.1, 0.15) is 6.10 Å². The average Bonchev–Trinajstić information content (AvgIpc) is 2.65. The number of benzene rings is 1. The van der Waals surface area contributed by atoms with Crippen LogP contribution in [0.1, 0.15) is 24.4 Å². The zero-order chi connectivity index (χ0) is 10.3. The Morgan fingerprint density at radius 3 is 2.80 bits per heavy atom. The molecule has 2 heterocycles. The molecule has 3 nitrogen and oxygen atoms in total. The Hall–Kier alpha value is -1.19. The molecule has 3 rings (SSSR count). The first kappa shape index (κ1) is 9.07. The number of Topliss-reactive ketones (excluding diaryl/α,β-unsaturated/α-hetero) is 1. The van der Waals surface area contributed by atoms with E-state index in [4.69, 9.17) is 4.84 Å². The van der Waals surface area contributed by atoms with E-state index in [1.807, 2.05) is 23.3 Å². The van der Waals surface area contributed by atoms with Gasteiger partial charge in [-0.25, -0.2) is 0 Å². The van der Waals surface area contributed by atoms with E-state index in [1.165, 1.54) is 5.56 Å². The van der Waals surface area contributed by atoms with Gasteiger partial charge in [-0.1, -0.05) is 30.3 Å². The number of rotatable bonds is 1. The second-order valence-electron chi connectivity index (χ2n) is 4.11. The van der Waals surface area contributed by atoms with Crippen LogP contribution in [0.15, 0.2) is 30.3 Å². The number of carbonyl (C=O) groups excluding carboxylic acids is 1. The Morgan fingerprint density at radius 2 is 2.07 bits per heavy atom. The summed E-state index contributed by atoms with van der Waals surface area (Å²) in [5.74, 6) is 0.254. The van der Waals surface area contributed by atoms with Crippen LogP contribution in [0, 0.1) is 0 Å². The van der Waals surface area contributed by atoms with E-state index in [1.54, 1.807) is 0 Å². The zero-order valence-corrected chi connectivity index (χ0v) is 8.43. The van der Waals surface area contributed by atoms with Crippen molar-refractivity contribution in [2.24, 2.45) is 0 Å². The Labute approximate surface area is 88.6 Å². The standard InChI is InChI=1S/C12H13NO2/c14-11-6-7-13-10(8-12(11)15-13)9-4-2-1-3-5-9/h1-5,10,12H,6-8H2/t10-,12+/m0/s1. The van der Waals surface area contributed by atoms with Gasteiger partial charge in [0.25, 0.3) is 0 Å². The molecular weight excluding hydrogens is 190 g/mol. The molecule has 0 saturated carbocycles. The zero-order valence-electron chi connectivity index (χ0n) is 8.43. The van der Waals surface area contributed by atoms with Crippen molar-refractivity contribution in [3.05, 3.63) is 35.9 Å². The molecule has 0 amide bonds. The van der Waals surface area contributed by atoms with Crippen molar-refractivity contribution in [1.29, 1.82) is 0 Å². The Bertz CT molecular complexity index is 376. The lowest BCUT2D eigenvalue weighted by atomic mass is 10.0. The molecule has 0 radical (unpaired) electrons. The van der Waals surface area contributed by atoms with Gasteiger partial charge in [-0.15, -0.1) is 0 Å². The molecule has 2 bridgehead atoms. The van der Waals surface area contributed by atoms with Crippen molar-refractivity contribution in [2.75, 3.05) is 6.54 Å². The highest BCUT2D eigenvalue weighted by Crippen LogP contribution is 2.37. The molecule has 3 heteroatoms. The summed E-state index contributed by atoms with van der Waals surface area (Å²) in [6.45, 7) is 0.731. The molecule has 1 unspecified atom stereocenters. The molecule has 2 fully saturated rings. The number of ketones is 1. The van der Waals surface area contributed by atoms with E-state index in [9.17, 15) is 4.79 Å². The number of hydroxylamine groups is 2. The number of hydrogen-bond donors (Lipinski definition) is 0. The molecule has 2 aliphatic rings. The van der Waals surface area contributed by atoms with Crippen LogP contribution >= 0.6 is 0 Å². The van der Waals surface area contributed by atoms with Crippen molar-refractivity contribution in [1.82, 2.24) is 5.06 Å². The van der Waals surface area contributed by atoms with E-state index in [0.717, 1.165) is 13.0 Å². The molecule has 2 aliphatic heterocycles. The number of hydrogen-bond acceptors (Lipinski definition) is 3. The van der Waals surface area contributed by atoms with Crippen LogP contribution in [-0.4, -0.2) is 23.5 Å². The van der Waals surface area contributed by atoms with E-state index in [0.29, 0.717) is 6.42 Å². The first-order valence-electron chi connectivity index (χ1n) is 5.35. The maximum atomic E-state index is 11.5. The lowest BCUT2D eigenvalue weighted by Gasteiger charge is -2.24. The van der Waals surface area contributed by atoms with E-state index in [-0.39, 0.29) is 17.9 Å². The smallest absolute Gasteiger partial charge is 0.165 e. The van der Waals surface area contributed by atoms with Crippen LogP contribution in [0.5, 0.6) is 0 Å². The fourth-order valence-corrected chi connectivity index (χ4v) is 2.36. The predicted molar refractivity (Wildman–Crippen MR) is 55.0 cm³/mol. The summed E-state index contributed by atoms with van der Waals surface area (Å²) in [4.78, 5) is 17.0. The average molecular weight is 203 g/mol. The minimum absolute atomic E-state index is 0.191. The summed E-state index contributed by atoms with van der Waals surface area (Å²) in [6, 6.07) is 10.5. The van der Waals surface area contributed by atoms with Gasteiger partial charge in [-0.3, -0.25) is 9.63 Å². The monoisotopic (exact) mass is 203 g/mol. The molecule has 2 saturated heterocycles. The second kappa shape index (κ2) is 3.43. The Kier molecular flexibility index (Phi) is 2.08. The highest BCUT2D eigenvalue weighted by molar-refractivity contribution is 5.84. The van der Waals surface area contributed by atoms with Gasteiger partial charge in [0, 0.05) is 19.4 Å². The molecule has 0 spiro atoms. The molecule has 1 aromatic rings. The summed E-state index contributed by atoms with van der Waals surface area (Å²) >= 11 is 0. The lowest BCUT2D eigenvalue weighted by Crippen LogP contribution is -2.33. The van der Waals surface area contributed by atoms with E-state index >= 15 is 0 Å². The molecule has 0 aromatic heterocycles. The normalized spacial score (nSPS) is 34.4. The quantitative estimate of drug-likeness (QED) is 0.695. The largest absolute Gasteiger partial charge is 0.297 e. The Morgan fingerprint density at radius 1 is 1.27 bits per heavy atom. The van der Waals surface area contributed by atoms with Gasteiger partial charge in [-0.05, 0) is 5.56 Å². The van der Waals surface area contributed by atoms with Gasteiger partial charge >= 0.3 is 0 Å². The van der Waals surface area contributed by atoms with Crippen molar-refractivity contribution in [3.8, 4) is 0 Å². The van der Waals surface area contributed by atoms with Gasteiger partial charge in [-0.2, -0.15) is 5.06 Å². The highest BCUT2D eigenvalue weighted by atomic mass is 16.7. The van der Waals surface area contributed by atoms with Crippen molar-refractivity contribution in [2.45, 2.75) is 25.0 Å². The third-order valence-electron chi connectivity index (χ3n) is 3.17. The Balaban J connectivity index is 1.88. The van der Waals surface area contributed by atoms with Crippen LogP contribution in [-0.2, 0) is 9.63 Å². The molecule has 78 valence electrons. The minimum atomic E-state index is -0.191. The van der Waals surface area contributed by atoms with E-state index < -0.39 is 0 Å². The van der Waals surface area contributed by atoms with Crippen molar-refractivity contribution >= 4 is 5.78 Å². The molecule has 15 heavy (non-hydrogen) atoms. The molecule has 0 N–H and O–H groups in total. The van der Waals surface area contributed by atoms with Crippen molar-refractivity contribution in [3.63, 3.8) is 0 Å². The fraction of sp³-hybridized carbons (Fsp3) is 0.417. The second-order valence-corrected chi connectivity index (χ2v) is 4.11. The number of fused-ring (bicyclic) bond motifs is 2. The summed E-state index contributed by atoms with van der Waals surface area (Å²) in [7, 11) is 0. The summed E-state index contributed by atoms with van der Waals surface area (Å²) in [6.07, 6.45) is 1.25. The van der Waals surface area contributed by atoms with Crippen LogP contribution in [0.25, 0.3) is 0 Å². The SMILES string of the molecule is O=C1CCN2O[C@@H]1C[C@H]2c1ccccc1. The lowest BCUT2D eigenvalue weighted by molar-refractivity contribution is -0.189. The van der Waals surface area contributed by atoms with E-state index in [2.05, 4.69) is 12.1 Å². The topological polar surface area (TPSA) is 29.5 Å². The third kappa shape index (κ3) is 1.48. The van der Waals surface area contributed by atoms with Crippen LogP contribution in [0.2, 0.25) is 0 Å². The fourth-order valence-electron chi connectivity index (χ4n) is 2.36. The van der Waals surface area contributed by atoms with Gasteiger partial charge < -0.3 is 0 Å². The van der Waals surface area contributed by atoms with Gasteiger partial charge in [0.2, 0.25) is 0 Å². The summed E-state index contributed by atoms with van der Waals surface area (Å²) < 4.78 is 0. The molecule has 1 aromatic carbocycles. The van der Waals surface area contributed by atoms with Gasteiger partial charge in [0.15, 0.2) is 5.78 Å². The van der Waals surface area contributed by atoms with Crippen LogP contribution in [0.4, 0.5) is 0 Å². The van der Waals surface area contributed by atoms with Gasteiger partial charge in [0.05, 0.1) is 6.04 Å². The van der Waals surface area contributed by atoms with Crippen LogP contribution < -0.4 is 0 Å². The maximum absolute atomic E-state index is 11.5. The highest BCUT2D eigenvalue weighted by Gasteiger charge is 2.41. The minimum Gasteiger partial charge on any atom is -0.297 e. The predicted octanol–water partition coefficient (Wildman–Crippen LogP) is 1.71. The van der Waals surface area contributed by atoms with Crippen LogP contribution in [0.3, 0.4) is 0 Å². The molecule has 0 aliphatic carbocycles. The summed E-state index contributed by atoms with van der Waals surface area (Å²) in [5, 5.41) is 1.96.